The first-order valence-corrected chi connectivity index (χ1v) is 7.63. The third-order valence-electron chi connectivity index (χ3n) is 3.55. The molecule has 1 unspecified atom stereocenters. The molecule has 1 heterocycles. The Labute approximate surface area is 140 Å². The molecule has 0 saturated carbocycles. The number of carbonyl (C=O) groups is 1. The zero-order valence-corrected chi connectivity index (χ0v) is 13.1. The van der Waals surface area contributed by atoms with Gasteiger partial charge in [0.25, 0.3) is 5.91 Å². The summed E-state index contributed by atoms with van der Waals surface area (Å²) in [6, 6.07) is 20.3. The minimum Gasteiger partial charge on any atom is -0.341 e. The molecule has 0 fully saturated rings. The Morgan fingerprint density at radius 3 is 2.13 bits per heavy atom. The van der Waals surface area contributed by atoms with Crippen LogP contribution in [0.3, 0.4) is 0 Å². The van der Waals surface area contributed by atoms with Crippen LogP contribution in [0.15, 0.2) is 79.1 Å². The average Bonchev–Trinajstić information content (AvgIpc) is 2.61. The van der Waals surface area contributed by atoms with Crippen molar-refractivity contribution in [3.63, 3.8) is 0 Å². The lowest BCUT2D eigenvalue weighted by Crippen LogP contribution is -2.29. The van der Waals surface area contributed by atoms with E-state index in [-0.39, 0.29) is 11.9 Å². The van der Waals surface area contributed by atoms with Gasteiger partial charge in [-0.1, -0.05) is 41.9 Å². The van der Waals surface area contributed by atoms with Gasteiger partial charge in [-0.15, -0.1) is 0 Å². The maximum Gasteiger partial charge on any atom is 0.252 e. The molecule has 114 valence electrons. The van der Waals surface area contributed by atoms with Gasteiger partial charge in [-0.3, -0.25) is 9.78 Å². The van der Waals surface area contributed by atoms with Gasteiger partial charge in [-0.05, 0) is 47.5 Å². The molecule has 0 bridgehead atoms. The van der Waals surface area contributed by atoms with E-state index in [4.69, 9.17) is 11.6 Å². The van der Waals surface area contributed by atoms with Gasteiger partial charge >= 0.3 is 0 Å². The lowest BCUT2D eigenvalue weighted by molar-refractivity contribution is 0.0943. The summed E-state index contributed by atoms with van der Waals surface area (Å²) < 4.78 is 0. The van der Waals surface area contributed by atoms with Gasteiger partial charge in [0.2, 0.25) is 0 Å². The van der Waals surface area contributed by atoms with Gasteiger partial charge in [0.1, 0.15) is 0 Å². The summed E-state index contributed by atoms with van der Waals surface area (Å²) in [7, 11) is 0. The summed E-state index contributed by atoms with van der Waals surface area (Å²) in [6.45, 7) is 0. The molecule has 3 nitrogen and oxygen atoms in total. The number of hydrogen-bond donors (Lipinski definition) is 1. The molecule has 1 aromatic heterocycles. The largest absolute Gasteiger partial charge is 0.341 e. The summed E-state index contributed by atoms with van der Waals surface area (Å²) in [6.07, 6.45) is 3.44. The number of nitrogens with zero attached hydrogens (tertiary/aromatic N) is 1. The highest BCUT2D eigenvalue weighted by atomic mass is 35.5. The number of hydrogen-bond acceptors (Lipinski definition) is 2. The Balaban J connectivity index is 1.90. The normalized spacial score (nSPS) is 11.7. The number of nitrogens with one attached hydrogen (secondary N) is 1. The van der Waals surface area contributed by atoms with Crippen LogP contribution in [0.5, 0.6) is 0 Å². The predicted octanol–water partition coefficient (Wildman–Crippen LogP) is 4.25. The first-order chi connectivity index (χ1) is 11.2. The predicted molar refractivity (Wildman–Crippen MR) is 91.4 cm³/mol. The van der Waals surface area contributed by atoms with Gasteiger partial charge in [-0.25, -0.2) is 0 Å². The van der Waals surface area contributed by atoms with Gasteiger partial charge in [0, 0.05) is 23.0 Å². The van der Waals surface area contributed by atoms with Crippen LogP contribution < -0.4 is 5.32 Å². The van der Waals surface area contributed by atoms with Crippen molar-refractivity contribution in [1.29, 1.82) is 0 Å². The van der Waals surface area contributed by atoms with Crippen molar-refractivity contribution in [3.05, 3.63) is 101 Å². The molecule has 0 radical (unpaired) electrons. The highest BCUT2D eigenvalue weighted by molar-refractivity contribution is 6.30. The first-order valence-electron chi connectivity index (χ1n) is 7.25. The van der Waals surface area contributed by atoms with E-state index in [0.717, 1.165) is 11.1 Å². The van der Waals surface area contributed by atoms with Crippen molar-refractivity contribution in [2.24, 2.45) is 0 Å². The Bertz CT molecular complexity index is 734. The summed E-state index contributed by atoms with van der Waals surface area (Å²) in [5.41, 5.74) is 2.57. The second-order valence-corrected chi connectivity index (χ2v) is 5.54. The zero-order chi connectivity index (χ0) is 16.1. The van der Waals surface area contributed by atoms with E-state index < -0.39 is 0 Å². The maximum atomic E-state index is 12.5. The fraction of sp³-hybridized carbons (Fsp3) is 0.0526. The molecule has 0 aliphatic heterocycles. The molecular weight excluding hydrogens is 308 g/mol. The molecule has 3 rings (SSSR count). The van der Waals surface area contributed by atoms with Crippen molar-refractivity contribution in [2.45, 2.75) is 6.04 Å². The molecule has 0 saturated heterocycles. The lowest BCUT2D eigenvalue weighted by Gasteiger charge is -2.19. The fourth-order valence-electron chi connectivity index (χ4n) is 2.38. The van der Waals surface area contributed by atoms with E-state index in [1.807, 2.05) is 42.5 Å². The van der Waals surface area contributed by atoms with Crippen molar-refractivity contribution >= 4 is 17.5 Å². The van der Waals surface area contributed by atoms with E-state index in [1.165, 1.54) is 0 Å². The van der Waals surface area contributed by atoms with E-state index in [0.29, 0.717) is 10.6 Å². The number of amides is 1. The van der Waals surface area contributed by atoms with Crippen LogP contribution in [0.1, 0.15) is 27.5 Å². The Morgan fingerprint density at radius 2 is 1.48 bits per heavy atom. The summed E-state index contributed by atoms with van der Waals surface area (Å²) >= 11 is 5.88. The number of pyridine rings is 1. The van der Waals surface area contributed by atoms with E-state index in [2.05, 4.69) is 10.3 Å². The number of benzene rings is 2. The van der Waals surface area contributed by atoms with Gasteiger partial charge in [-0.2, -0.15) is 0 Å². The molecule has 3 aromatic rings. The molecule has 0 spiro atoms. The third-order valence-corrected chi connectivity index (χ3v) is 3.81. The Morgan fingerprint density at radius 1 is 0.870 bits per heavy atom. The van der Waals surface area contributed by atoms with Crippen LogP contribution in [-0.4, -0.2) is 10.9 Å². The minimum atomic E-state index is -0.234. The van der Waals surface area contributed by atoms with Gasteiger partial charge in [0.15, 0.2) is 0 Å². The molecule has 0 aliphatic rings. The van der Waals surface area contributed by atoms with Crippen LogP contribution >= 0.6 is 11.6 Å². The molecule has 4 heteroatoms. The SMILES string of the molecule is O=C(NC(c1ccccc1)c1ccncc1)c1ccc(Cl)cc1. The van der Waals surface area contributed by atoms with Gasteiger partial charge < -0.3 is 5.32 Å². The molecule has 1 amide bonds. The van der Waals surface area contributed by atoms with Crippen LogP contribution in [-0.2, 0) is 0 Å². The monoisotopic (exact) mass is 322 g/mol. The van der Waals surface area contributed by atoms with Crippen molar-refractivity contribution in [1.82, 2.24) is 10.3 Å². The standard InChI is InChI=1S/C19H15ClN2O/c20-17-8-6-16(7-9-17)19(23)22-18(14-4-2-1-3-5-14)15-10-12-21-13-11-15/h1-13,18H,(H,22,23). The second-order valence-electron chi connectivity index (χ2n) is 5.10. The Kier molecular flexibility index (Phi) is 4.69. The molecule has 2 aromatic carbocycles. The molecule has 1 atom stereocenters. The van der Waals surface area contributed by atoms with E-state index in [9.17, 15) is 4.79 Å². The zero-order valence-electron chi connectivity index (χ0n) is 12.3. The maximum absolute atomic E-state index is 12.5. The van der Waals surface area contributed by atoms with Crippen LogP contribution in [0, 0.1) is 0 Å². The van der Waals surface area contributed by atoms with Crippen molar-refractivity contribution in [3.8, 4) is 0 Å². The summed E-state index contributed by atoms with van der Waals surface area (Å²) in [4.78, 5) is 16.6. The number of rotatable bonds is 4. The van der Waals surface area contributed by atoms with Crippen LogP contribution in [0.2, 0.25) is 5.02 Å². The van der Waals surface area contributed by atoms with Crippen molar-refractivity contribution in [2.75, 3.05) is 0 Å². The van der Waals surface area contributed by atoms with Crippen molar-refractivity contribution < 1.29 is 4.79 Å². The van der Waals surface area contributed by atoms with E-state index in [1.54, 1.807) is 36.7 Å². The molecular formula is C19H15ClN2O. The van der Waals surface area contributed by atoms with Gasteiger partial charge in [0.05, 0.1) is 6.04 Å². The van der Waals surface area contributed by atoms with Crippen LogP contribution in [0.4, 0.5) is 0 Å². The molecule has 0 aliphatic carbocycles. The van der Waals surface area contributed by atoms with Crippen LogP contribution in [0.25, 0.3) is 0 Å². The number of carbonyl (C=O) groups excluding carboxylic acids is 1. The third kappa shape index (κ3) is 3.76. The first kappa shape index (κ1) is 15.3. The Hall–Kier alpha value is -2.65. The number of halogens is 1. The molecule has 23 heavy (non-hydrogen) atoms. The average molecular weight is 323 g/mol. The summed E-state index contributed by atoms with van der Waals surface area (Å²) in [5.74, 6) is -0.146. The fourth-order valence-corrected chi connectivity index (χ4v) is 2.50. The number of aromatic nitrogens is 1. The minimum absolute atomic E-state index is 0.146. The topological polar surface area (TPSA) is 42.0 Å². The van der Waals surface area contributed by atoms with E-state index >= 15 is 0 Å². The second kappa shape index (κ2) is 7.07. The molecule has 1 N–H and O–H groups in total. The quantitative estimate of drug-likeness (QED) is 0.780. The smallest absolute Gasteiger partial charge is 0.252 e. The highest BCUT2D eigenvalue weighted by Crippen LogP contribution is 2.22. The lowest BCUT2D eigenvalue weighted by atomic mass is 9.99. The highest BCUT2D eigenvalue weighted by Gasteiger charge is 2.17. The summed E-state index contributed by atoms with van der Waals surface area (Å²) in [5, 5.41) is 3.68.